The number of hydrogen-bond acceptors (Lipinski definition) is 6. The van der Waals surface area contributed by atoms with Crippen molar-refractivity contribution in [3.63, 3.8) is 0 Å². The van der Waals surface area contributed by atoms with Gasteiger partial charge in [-0.15, -0.1) is 24.0 Å². The summed E-state index contributed by atoms with van der Waals surface area (Å²) >= 11 is 0. The van der Waals surface area contributed by atoms with Crippen molar-refractivity contribution in [3.05, 3.63) is 58.5 Å². The fraction of sp³-hybridized carbons (Fsp3) is 0.312. The van der Waals surface area contributed by atoms with Crippen molar-refractivity contribution in [2.75, 3.05) is 19.6 Å². The number of non-ortho nitro benzene ring substituents is 1. The van der Waals surface area contributed by atoms with Crippen molar-refractivity contribution in [1.82, 2.24) is 15.4 Å². The summed E-state index contributed by atoms with van der Waals surface area (Å²) in [5, 5.41) is 16.8. The van der Waals surface area contributed by atoms with Crippen LogP contribution in [-0.2, 0) is 16.6 Å². The lowest BCUT2D eigenvalue weighted by Gasteiger charge is -2.12. The molecule has 28 heavy (non-hydrogen) atoms. The van der Waals surface area contributed by atoms with Crippen LogP contribution >= 0.6 is 24.0 Å². The highest BCUT2D eigenvalue weighted by Gasteiger charge is 2.17. The Morgan fingerprint density at radius 3 is 2.64 bits per heavy atom. The van der Waals surface area contributed by atoms with Gasteiger partial charge in [-0.3, -0.25) is 10.1 Å². The average Bonchev–Trinajstić information content (AvgIpc) is 3.17. The third kappa shape index (κ3) is 7.44. The second-order valence-corrected chi connectivity index (χ2v) is 7.12. The van der Waals surface area contributed by atoms with Gasteiger partial charge in [0.2, 0.25) is 10.0 Å². The zero-order valence-electron chi connectivity index (χ0n) is 15.1. The molecule has 0 atom stereocenters. The van der Waals surface area contributed by atoms with Gasteiger partial charge >= 0.3 is 0 Å². The summed E-state index contributed by atoms with van der Waals surface area (Å²) in [6.45, 7) is 3.26. The molecule has 1 heterocycles. The van der Waals surface area contributed by atoms with Gasteiger partial charge in [0.1, 0.15) is 12.3 Å². The maximum Gasteiger partial charge on any atom is 0.270 e. The maximum atomic E-state index is 12.2. The Labute approximate surface area is 180 Å². The normalized spacial score (nSPS) is 11.5. The fourth-order valence-corrected chi connectivity index (χ4v) is 3.19. The molecule has 1 aromatic carbocycles. The molecule has 0 aliphatic rings. The summed E-state index contributed by atoms with van der Waals surface area (Å²) in [6.07, 6.45) is 1.56. The Morgan fingerprint density at radius 1 is 1.21 bits per heavy atom. The van der Waals surface area contributed by atoms with Crippen LogP contribution < -0.4 is 15.4 Å². The number of furan rings is 1. The Kier molecular flexibility index (Phi) is 9.89. The topological polar surface area (TPSA) is 139 Å². The van der Waals surface area contributed by atoms with Crippen molar-refractivity contribution in [2.45, 2.75) is 18.4 Å². The summed E-state index contributed by atoms with van der Waals surface area (Å²) in [6, 6.07) is 8.46. The second-order valence-electron chi connectivity index (χ2n) is 5.35. The second kappa shape index (κ2) is 11.6. The van der Waals surface area contributed by atoms with Crippen molar-refractivity contribution in [2.24, 2.45) is 4.99 Å². The molecule has 0 fully saturated rings. The molecule has 2 aromatic rings. The summed E-state index contributed by atoms with van der Waals surface area (Å²) in [5.74, 6) is 1.22. The van der Waals surface area contributed by atoms with Crippen LogP contribution in [0.3, 0.4) is 0 Å². The number of nitro groups is 1. The lowest BCUT2D eigenvalue weighted by Crippen LogP contribution is -2.41. The number of rotatable bonds is 9. The number of hydrogen-bond donors (Lipinski definition) is 3. The molecule has 2 rings (SSSR count). The van der Waals surface area contributed by atoms with Gasteiger partial charge in [-0.1, -0.05) is 6.07 Å². The molecule has 0 spiro atoms. The van der Waals surface area contributed by atoms with Crippen LogP contribution in [0.25, 0.3) is 0 Å². The van der Waals surface area contributed by atoms with Crippen molar-refractivity contribution >= 4 is 45.6 Å². The van der Waals surface area contributed by atoms with E-state index < -0.39 is 14.9 Å². The smallest absolute Gasteiger partial charge is 0.270 e. The molecule has 10 nitrogen and oxygen atoms in total. The third-order valence-corrected chi connectivity index (χ3v) is 4.82. The van der Waals surface area contributed by atoms with Crippen molar-refractivity contribution in [1.29, 1.82) is 0 Å². The van der Waals surface area contributed by atoms with Gasteiger partial charge in [0.25, 0.3) is 5.69 Å². The van der Waals surface area contributed by atoms with Crippen LogP contribution in [0.2, 0.25) is 0 Å². The quantitative estimate of drug-likeness (QED) is 0.114. The number of halogens is 1. The fourth-order valence-electron chi connectivity index (χ4n) is 2.12. The lowest BCUT2D eigenvalue weighted by atomic mass is 10.3. The first-order chi connectivity index (χ1) is 12.9. The first kappa shape index (κ1) is 23.8. The van der Waals surface area contributed by atoms with E-state index in [0.717, 1.165) is 6.07 Å². The first-order valence-electron chi connectivity index (χ1n) is 8.21. The molecule has 0 saturated heterocycles. The molecule has 0 radical (unpaired) electrons. The molecule has 3 N–H and O–H groups in total. The molecular weight excluding hydrogens is 501 g/mol. The highest BCUT2D eigenvalue weighted by atomic mass is 127. The van der Waals surface area contributed by atoms with Gasteiger partial charge in [0.15, 0.2) is 5.96 Å². The summed E-state index contributed by atoms with van der Waals surface area (Å²) in [7, 11) is -3.84. The van der Waals surface area contributed by atoms with Crippen LogP contribution in [0.15, 0.2) is 57.0 Å². The number of sulfonamides is 1. The van der Waals surface area contributed by atoms with Crippen LogP contribution in [-0.4, -0.2) is 38.9 Å². The van der Waals surface area contributed by atoms with E-state index in [1.807, 2.05) is 6.92 Å². The van der Waals surface area contributed by atoms with Crippen molar-refractivity contribution in [3.8, 4) is 0 Å². The van der Waals surface area contributed by atoms with E-state index in [9.17, 15) is 18.5 Å². The minimum atomic E-state index is -3.84. The van der Waals surface area contributed by atoms with Gasteiger partial charge in [0, 0.05) is 31.8 Å². The molecule has 0 aliphatic carbocycles. The zero-order chi connectivity index (χ0) is 19.7. The molecule has 0 amide bonds. The molecule has 0 bridgehead atoms. The number of guanidine groups is 1. The van der Waals surface area contributed by atoms with Gasteiger partial charge in [-0.05, 0) is 25.1 Å². The van der Waals surface area contributed by atoms with Gasteiger partial charge < -0.3 is 15.1 Å². The van der Waals surface area contributed by atoms with Crippen LogP contribution in [0.4, 0.5) is 5.69 Å². The molecule has 12 heteroatoms. The zero-order valence-corrected chi connectivity index (χ0v) is 18.3. The summed E-state index contributed by atoms with van der Waals surface area (Å²) in [5.41, 5.74) is -0.282. The van der Waals surface area contributed by atoms with E-state index in [4.69, 9.17) is 4.42 Å². The van der Waals surface area contributed by atoms with Crippen molar-refractivity contribution < 1.29 is 17.8 Å². The highest BCUT2D eigenvalue weighted by molar-refractivity contribution is 14.0. The predicted octanol–water partition coefficient (Wildman–Crippen LogP) is 1.84. The highest BCUT2D eigenvalue weighted by Crippen LogP contribution is 2.16. The molecule has 0 unspecified atom stereocenters. The number of aliphatic imine (C=N–C) groups is 1. The largest absolute Gasteiger partial charge is 0.467 e. The predicted molar refractivity (Wildman–Crippen MR) is 115 cm³/mol. The number of nitro benzene ring substituents is 1. The Balaban J connectivity index is 0.00000392. The van der Waals surface area contributed by atoms with E-state index in [-0.39, 0.29) is 47.6 Å². The Bertz CT molecular complexity index is 887. The monoisotopic (exact) mass is 523 g/mol. The summed E-state index contributed by atoms with van der Waals surface area (Å²) in [4.78, 5) is 14.3. The molecule has 0 aliphatic heterocycles. The van der Waals surface area contributed by atoms with Crippen LogP contribution in [0, 0.1) is 10.1 Å². The minimum Gasteiger partial charge on any atom is -0.467 e. The molecule has 154 valence electrons. The van der Waals surface area contributed by atoms with E-state index in [0.29, 0.717) is 24.8 Å². The number of nitrogens with one attached hydrogen (secondary N) is 3. The van der Waals surface area contributed by atoms with E-state index in [1.165, 1.54) is 18.2 Å². The van der Waals surface area contributed by atoms with Crippen LogP contribution in [0.1, 0.15) is 12.7 Å². The van der Waals surface area contributed by atoms with E-state index in [2.05, 4.69) is 20.3 Å². The van der Waals surface area contributed by atoms with E-state index >= 15 is 0 Å². The van der Waals surface area contributed by atoms with Gasteiger partial charge in [-0.25, -0.2) is 18.1 Å². The van der Waals surface area contributed by atoms with Gasteiger partial charge in [0.05, 0.1) is 16.1 Å². The third-order valence-electron chi connectivity index (χ3n) is 3.37. The Hall–Kier alpha value is -2.19. The van der Waals surface area contributed by atoms with Crippen LogP contribution in [0.5, 0.6) is 0 Å². The molecule has 0 saturated carbocycles. The lowest BCUT2D eigenvalue weighted by molar-refractivity contribution is -0.385. The number of nitrogens with zero attached hydrogens (tertiary/aromatic N) is 2. The SMILES string of the molecule is CCNC(=NCc1ccco1)NCCNS(=O)(=O)c1cccc([N+](=O)[O-])c1.I. The number of benzene rings is 1. The summed E-state index contributed by atoms with van der Waals surface area (Å²) < 4.78 is 32.1. The Morgan fingerprint density at radius 2 is 2.00 bits per heavy atom. The molecule has 1 aromatic heterocycles. The van der Waals surface area contributed by atoms with E-state index in [1.54, 1.807) is 18.4 Å². The van der Waals surface area contributed by atoms with Gasteiger partial charge in [-0.2, -0.15) is 0 Å². The minimum absolute atomic E-state index is 0. The standard InChI is InChI=1S/C16H21N5O5S.HI/c1-2-17-16(19-12-14-6-4-10-26-14)18-8-9-20-27(24,25)15-7-3-5-13(11-15)21(22)23;/h3-7,10-11,20H,2,8-9,12H2,1H3,(H2,17,18,19);1H. The first-order valence-corrected chi connectivity index (χ1v) is 9.69. The molecular formula is C16H22IN5O5S. The average molecular weight is 523 g/mol. The maximum absolute atomic E-state index is 12.2.